The lowest BCUT2D eigenvalue weighted by atomic mass is 9.89. The number of aromatic nitrogens is 7. The molecule has 9 heteroatoms. The van der Waals surface area contributed by atoms with Gasteiger partial charge in [0, 0.05) is 17.0 Å². The zero-order valence-electron chi connectivity index (χ0n) is 17.3. The summed E-state index contributed by atoms with van der Waals surface area (Å²) in [5.41, 5.74) is 14.0. The highest BCUT2D eigenvalue weighted by molar-refractivity contribution is 7.16. The molecular formula is C22H20N8S. The molecule has 1 unspecified atom stereocenters. The Morgan fingerprint density at radius 2 is 1.94 bits per heavy atom. The lowest BCUT2D eigenvalue weighted by Crippen LogP contribution is -2.10. The summed E-state index contributed by atoms with van der Waals surface area (Å²) in [5.74, 6) is 1.82. The Morgan fingerprint density at radius 1 is 1.06 bits per heavy atom. The van der Waals surface area contributed by atoms with Crippen molar-refractivity contribution in [2.45, 2.75) is 26.7 Å². The Hall–Kier alpha value is -3.72. The summed E-state index contributed by atoms with van der Waals surface area (Å²) in [7, 11) is 0. The highest BCUT2D eigenvalue weighted by Crippen LogP contribution is 2.37. The fourth-order valence-electron chi connectivity index (χ4n) is 3.82. The maximum atomic E-state index is 6.45. The Labute approximate surface area is 182 Å². The van der Waals surface area contributed by atoms with E-state index in [-0.39, 0.29) is 5.92 Å². The van der Waals surface area contributed by atoms with Crippen molar-refractivity contribution in [3.63, 3.8) is 0 Å². The molecule has 3 aromatic heterocycles. The van der Waals surface area contributed by atoms with E-state index in [0.29, 0.717) is 11.6 Å². The second-order valence-electron chi connectivity index (χ2n) is 7.41. The predicted octanol–water partition coefficient (Wildman–Crippen LogP) is 4.08. The van der Waals surface area contributed by atoms with Gasteiger partial charge in [-0.2, -0.15) is 4.68 Å². The molecule has 0 saturated carbocycles. The van der Waals surface area contributed by atoms with Crippen LogP contribution >= 0.6 is 11.3 Å². The molecule has 0 bridgehead atoms. The molecule has 3 heterocycles. The smallest absolute Gasteiger partial charge is 0.153 e. The number of hydrogen-bond donors (Lipinski definition) is 1. The molecule has 2 N–H and O–H groups in total. The lowest BCUT2D eigenvalue weighted by Gasteiger charge is -2.19. The number of nitrogens with zero attached hydrogens (tertiary/aromatic N) is 7. The summed E-state index contributed by atoms with van der Waals surface area (Å²) < 4.78 is 2.83. The van der Waals surface area contributed by atoms with Crippen LogP contribution in [0.5, 0.6) is 0 Å². The van der Waals surface area contributed by atoms with Gasteiger partial charge in [0.05, 0.1) is 27.1 Å². The van der Waals surface area contributed by atoms with Crippen molar-refractivity contribution >= 4 is 27.4 Å². The number of nitrogens with two attached hydrogens (primary N) is 1. The van der Waals surface area contributed by atoms with E-state index in [2.05, 4.69) is 50.6 Å². The van der Waals surface area contributed by atoms with Crippen LogP contribution in [-0.2, 0) is 0 Å². The molecule has 0 saturated heterocycles. The van der Waals surface area contributed by atoms with Gasteiger partial charge in [0.1, 0.15) is 11.6 Å². The molecule has 0 amide bonds. The first-order chi connectivity index (χ1) is 15.0. The van der Waals surface area contributed by atoms with Crippen LogP contribution < -0.4 is 5.73 Å². The Kier molecular flexibility index (Phi) is 4.67. The zero-order valence-corrected chi connectivity index (χ0v) is 18.1. The van der Waals surface area contributed by atoms with Gasteiger partial charge in [0.2, 0.25) is 0 Å². The number of hydrogen-bond acceptors (Lipinski definition) is 8. The first-order valence-electron chi connectivity index (χ1n) is 9.84. The van der Waals surface area contributed by atoms with Crippen LogP contribution in [0, 0.1) is 13.8 Å². The summed E-state index contributed by atoms with van der Waals surface area (Å²) >= 11 is 1.61. The van der Waals surface area contributed by atoms with Crippen molar-refractivity contribution in [2.24, 2.45) is 0 Å². The zero-order chi connectivity index (χ0) is 21.5. The maximum Gasteiger partial charge on any atom is 0.153 e. The van der Waals surface area contributed by atoms with E-state index in [1.807, 2.05) is 43.6 Å². The molecule has 2 aromatic carbocycles. The van der Waals surface area contributed by atoms with Crippen LogP contribution in [0.2, 0.25) is 0 Å². The molecule has 0 fully saturated rings. The van der Waals surface area contributed by atoms with Crippen LogP contribution in [0.3, 0.4) is 0 Å². The van der Waals surface area contributed by atoms with Crippen LogP contribution in [0.4, 0.5) is 5.82 Å². The van der Waals surface area contributed by atoms with Crippen LogP contribution in [0.15, 0.2) is 48.0 Å². The van der Waals surface area contributed by atoms with E-state index in [1.54, 1.807) is 16.0 Å². The van der Waals surface area contributed by atoms with Gasteiger partial charge >= 0.3 is 0 Å². The van der Waals surface area contributed by atoms with Crippen molar-refractivity contribution in [2.75, 3.05) is 5.73 Å². The van der Waals surface area contributed by atoms with E-state index in [4.69, 9.17) is 10.7 Å². The second kappa shape index (κ2) is 7.51. The molecule has 1 atom stereocenters. The van der Waals surface area contributed by atoms with Gasteiger partial charge in [-0.05, 0) is 54.1 Å². The minimum absolute atomic E-state index is 0.0375. The Balaban J connectivity index is 1.64. The number of fused-ring (bicyclic) bond motifs is 1. The van der Waals surface area contributed by atoms with E-state index in [9.17, 15) is 0 Å². The van der Waals surface area contributed by atoms with Crippen molar-refractivity contribution in [1.29, 1.82) is 0 Å². The van der Waals surface area contributed by atoms with E-state index >= 15 is 0 Å². The van der Waals surface area contributed by atoms with Gasteiger partial charge in [-0.3, -0.25) is 0 Å². The third kappa shape index (κ3) is 3.42. The van der Waals surface area contributed by atoms with E-state index in [1.165, 1.54) is 0 Å². The summed E-state index contributed by atoms with van der Waals surface area (Å²) in [6.07, 6.45) is 0. The van der Waals surface area contributed by atoms with Gasteiger partial charge in [-0.1, -0.05) is 25.1 Å². The molecule has 0 aliphatic carbocycles. The molecular weight excluding hydrogens is 408 g/mol. The van der Waals surface area contributed by atoms with Crippen molar-refractivity contribution in [3.8, 4) is 16.9 Å². The topological polar surface area (TPSA) is 108 Å². The third-order valence-electron chi connectivity index (χ3n) is 5.36. The summed E-state index contributed by atoms with van der Waals surface area (Å²) in [6.45, 7) is 5.85. The monoisotopic (exact) mass is 428 g/mol. The normalized spacial score (nSPS) is 12.4. The quantitative estimate of drug-likeness (QED) is 0.459. The number of rotatable bonds is 4. The molecule has 8 nitrogen and oxygen atoms in total. The fourth-order valence-corrected chi connectivity index (χ4v) is 4.53. The summed E-state index contributed by atoms with van der Waals surface area (Å²) in [6, 6.07) is 14.3. The number of anilines is 1. The summed E-state index contributed by atoms with van der Waals surface area (Å²) in [4.78, 5) is 13.6. The minimum atomic E-state index is -0.0375. The van der Waals surface area contributed by atoms with Crippen LogP contribution in [-0.4, -0.2) is 35.2 Å². The van der Waals surface area contributed by atoms with E-state index in [0.717, 1.165) is 44.1 Å². The Morgan fingerprint density at radius 3 is 2.74 bits per heavy atom. The SMILES string of the molecule is Cc1nc(N)c(C(C)c2cccc(-n3nnnc3C)c2)c(-c2ccc3ncsc3c2)n1. The standard InChI is InChI=1S/C22H20N8S/c1-12(15-5-4-6-17(9-15)30-14(3)27-28-29-30)20-21(25-13(2)26-22(20)23)16-7-8-18-19(10-16)31-11-24-18/h4-12H,1-3H3,(H2,23,25,26). The molecule has 154 valence electrons. The number of nitrogen functional groups attached to an aromatic ring is 1. The highest BCUT2D eigenvalue weighted by atomic mass is 32.1. The average Bonchev–Trinajstić information content (AvgIpc) is 3.41. The first kappa shape index (κ1) is 19.3. The Bertz CT molecular complexity index is 1400. The first-order valence-corrected chi connectivity index (χ1v) is 10.7. The van der Waals surface area contributed by atoms with Crippen LogP contribution in [0.25, 0.3) is 27.2 Å². The molecule has 5 aromatic rings. The van der Waals surface area contributed by atoms with Crippen molar-refractivity contribution < 1.29 is 0 Å². The molecule has 0 aliphatic heterocycles. The van der Waals surface area contributed by atoms with Gasteiger partial charge in [0.25, 0.3) is 0 Å². The third-order valence-corrected chi connectivity index (χ3v) is 6.16. The van der Waals surface area contributed by atoms with Gasteiger partial charge in [0.15, 0.2) is 5.82 Å². The lowest BCUT2D eigenvalue weighted by molar-refractivity contribution is 0.776. The van der Waals surface area contributed by atoms with Crippen LogP contribution in [0.1, 0.15) is 35.6 Å². The van der Waals surface area contributed by atoms with Gasteiger partial charge in [-0.25, -0.2) is 15.0 Å². The van der Waals surface area contributed by atoms with Crippen molar-refractivity contribution in [1.82, 2.24) is 35.2 Å². The highest BCUT2D eigenvalue weighted by Gasteiger charge is 2.21. The van der Waals surface area contributed by atoms with Crippen molar-refractivity contribution in [3.05, 3.63) is 70.8 Å². The number of tetrazole rings is 1. The van der Waals surface area contributed by atoms with E-state index < -0.39 is 0 Å². The maximum absolute atomic E-state index is 6.45. The second-order valence-corrected chi connectivity index (χ2v) is 8.29. The fraction of sp³-hybridized carbons (Fsp3) is 0.182. The minimum Gasteiger partial charge on any atom is -0.383 e. The molecule has 0 radical (unpaired) electrons. The van der Waals surface area contributed by atoms with Gasteiger partial charge in [-0.15, -0.1) is 16.4 Å². The molecule has 31 heavy (non-hydrogen) atoms. The van der Waals surface area contributed by atoms with Gasteiger partial charge < -0.3 is 5.73 Å². The molecule has 5 rings (SSSR count). The summed E-state index contributed by atoms with van der Waals surface area (Å²) in [5, 5.41) is 11.8. The molecule has 0 aliphatic rings. The molecule has 0 spiro atoms. The number of benzene rings is 2. The number of thiazole rings is 1. The average molecular weight is 429 g/mol. The largest absolute Gasteiger partial charge is 0.383 e. The number of aryl methyl sites for hydroxylation is 2. The predicted molar refractivity (Wildman–Crippen MR) is 121 cm³/mol.